The topological polar surface area (TPSA) is 63.5 Å². The van der Waals surface area contributed by atoms with Gasteiger partial charge in [0.15, 0.2) is 5.96 Å². The Morgan fingerprint density at radius 2 is 2.13 bits per heavy atom. The summed E-state index contributed by atoms with van der Waals surface area (Å²) in [5.74, 6) is 1.52. The SMILES string of the molecule is CCNC(=NCCOCCC(C)C)NCCn1cc(C)cn1.I. The van der Waals surface area contributed by atoms with Crippen LogP contribution in [0.5, 0.6) is 0 Å². The molecule has 0 saturated carbocycles. The Balaban J connectivity index is 0.00000484. The molecule has 0 atom stereocenters. The Labute approximate surface area is 157 Å². The lowest BCUT2D eigenvalue weighted by Crippen LogP contribution is -2.39. The van der Waals surface area contributed by atoms with Crippen LogP contribution in [0.25, 0.3) is 0 Å². The highest BCUT2D eigenvalue weighted by molar-refractivity contribution is 14.0. The van der Waals surface area contributed by atoms with Crippen LogP contribution in [0, 0.1) is 12.8 Å². The van der Waals surface area contributed by atoms with Gasteiger partial charge < -0.3 is 15.4 Å². The quantitative estimate of drug-likeness (QED) is 0.256. The molecule has 0 aliphatic carbocycles. The first kappa shape index (κ1) is 22.2. The van der Waals surface area contributed by atoms with Crippen molar-refractivity contribution in [3.05, 3.63) is 18.0 Å². The lowest BCUT2D eigenvalue weighted by molar-refractivity contribution is 0.130. The minimum atomic E-state index is 0. The smallest absolute Gasteiger partial charge is 0.191 e. The molecule has 2 N–H and O–H groups in total. The van der Waals surface area contributed by atoms with Crippen molar-refractivity contribution in [2.24, 2.45) is 10.9 Å². The zero-order valence-corrected chi connectivity index (χ0v) is 17.2. The molecule has 7 heteroatoms. The lowest BCUT2D eigenvalue weighted by Gasteiger charge is -2.11. The van der Waals surface area contributed by atoms with Crippen molar-refractivity contribution in [1.29, 1.82) is 0 Å². The minimum Gasteiger partial charge on any atom is -0.380 e. The van der Waals surface area contributed by atoms with Gasteiger partial charge in [0.25, 0.3) is 0 Å². The van der Waals surface area contributed by atoms with Gasteiger partial charge in [-0.1, -0.05) is 13.8 Å². The van der Waals surface area contributed by atoms with Crippen LogP contribution in [0.2, 0.25) is 0 Å². The zero-order chi connectivity index (χ0) is 16.2. The normalized spacial score (nSPS) is 11.4. The van der Waals surface area contributed by atoms with Crippen LogP contribution >= 0.6 is 24.0 Å². The summed E-state index contributed by atoms with van der Waals surface area (Å²) in [6.07, 6.45) is 5.01. The molecular weight excluding hydrogens is 405 g/mol. The van der Waals surface area contributed by atoms with Crippen LogP contribution in [-0.4, -0.2) is 48.6 Å². The molecule has 1 heterocycles. The molecule has 1 aromatic heterocycles. The number of hydrogen-bond acceptors (Lipinski definition) is 3. The Bertz CT molecular complexity index is 434. The number of halogens is 1. The summed E-state index contributed by atoms with van der Waals surface area (Å²) in [6, 6.07) is 0. The van der Waals surface area contributed by atoms with Crippen molar-refractivity contribution in [3.63, 3.8) is 0 Å². The van der Waals surface area contributed by atoms with Gasteiger partial charge in [0.2, 0.25) is 0 Å². The van der Waals surface area contributed by atoms with Gasteiger partial charge in [-0.3, -0.25) is 9.67 Å². The summed E-state index contributed by atoms with van der Waals surface area (Å²) in [7, 11) is 0. The first-order chi connectivity index (χ1) is 10.6. The van der Waals surface area contributed by atoms with Crippen LogP contribution in [0.15, 0.2) is 17.4 Å². The second kappa shape index (κ2) is 13.6. The van der Waals surface area contributed by atoms with E-state index in [9.17, 15) is 0 Å². The van der Waals surface area contributed by atoms with Gasteiger partial charge in [-0.15, -0.1) is 24.0 Å². The van der Waals surface area contributed by atoms with Gasteiger partial charge in [0, 0.05) is 25.9 Å². The fourth-order valence-corrected chi connectivity index (χ4v) is 1.86. The Morgan fingerprint density at radius 3 is 2.74 bits per heavy atom. The molecule has 6 nitrogen and oxygen atoms in total. The van der Waals surface area contributed by atoms with Crippen molar-refractivity contribution >= 4 is 29.9 Å². The van der Waals surface area contributed by atoms with Crippen LogP contribution in [0.1, 0.15) is 32.8 Å². The third-order valence-electron chi connectivity index (χ3n) is 3.08. The molecular formula is C16H32IN5O. The fourth-order valence-electron chi connectivity index (χ4n) is 1.86. The van der Waals surface area contributed by atoms with Gasteiger partial charge >= 0.3 is 0 Å². The maximum absolute atomic E-state index is 5.57. The molecule has 0 aliphatic rings. The molecule has 0 saturated heterocycles. The molecule has 0 bridgehead atoms. The minimum absolute atomic E-state index is 0. The predicted molar refractivity (Wildman–Crippen MR) is 107 cm³/mol. The van der Waals surface area contributed by atoms with Gasteiger partial charge in [-0.05, 0) is 31.7 Å². The maximum atomic E-state index is 5.57. The highest BCUT2D eigenvalue weighted by Gasteiger charge is 1.98. The Kier molecular flexibility index (Phi) is 13.1. The van der Waals surface area contributed by atoms with Crippen molar-refractivity contribution in [2.45, 2.75) is 40.7 Å². The third-order valence-corrected chi connectivity index (χ3v) is 3.08. The van der Waals surface area contributed by atoms with Crippen molar-refractivity contribution in [2.75, 3.05) is 32.8 Å². The Morgan fingerprint density at radius 1 is 1.35 bits per heavy atom. The molecule has 0 spiro atoms. The zero-order valence-electron chi connectivity index (χ0n) is 14.8. The van der Waals surface area contributed by atoms with Crippen molar-refractivity contribution < 1.29 is 4.74 Å². The number of rotatable bonds is 10. The summed E-state index contributed by atoms with van der Waals surface area (Å²) in [6.45, 7) is 13.1. The van der Waals surface area contributed by atoms with E-state index in [1.807, 2.05) is 24.0 Å². The van der Waals surface area contributed by atoms with Gasteiger partial charge in [-0.2, -0.15) is 5.10 Å². The van der Waals surface area contributed by atoms with Crippen LogP contribution in [0.3, 0.4) is 0 Å². The van der Waals surface area contributed by atoms with E-state index in [4.69, 9.17) is 4.74 Å². The molecule has 23 heavy (non-hydrogen) atoms. The van der Waals surface area contributed by atoms with Gasteiger partial charge in [-0.25, -0.2) is 0 Å². The van der Waals surface area contributed by atoms with E-state index in [2.05, 4.69) is 41.5 Å². The number of hydrogen-bond donors (Lipinski definition) is 2. The second-order valence-electron chi connectivity index (χ2n) is 5.76. The van der Waals surface area contributed by atoms with E-state index < -0.39 is 0 Å². The standard InChI is InChI=1S/C16H31N5O.HI/c1-5-17-16(19-8-11-22-10-6-14(2)3)18-7-9-21-13-15(4)12-20-21;/h12-14H,5-11H2,1-4H3,(H2,17,18,19);1H. The van der Waals surface area contributed by atoms with Crippen LogP contribution in [-0.2, 0) is 11.3 Å². The number of aromatic nitrogens is 2. The average Bonchev–Trinajstić information content (AvgIpc) is 2.88. The third kappa shape index (κ3) is 11.4. The summed E-state index contributed by atoms with van der Waals surface area (Å²) < 4.78 is 7.50. The number of nitrogens with one attached hydrogen (secondary N) is 2. The van der Waals surface area contributed by atoms with E-state index in [-0.39, 0.29) is 24.0 Å². The number of aliphatic imine (C=N–C) groups is 1. The molecule has 0 aliphatic heterocycles. The van der Waals surface area contributed by atoms with Crippen molar-refractivity contribution in [1.82, 2.24) is 20.4 Å². The van der Waals surface area contributed by atoms with Gasteiger partial charge in [0.1, 0.15) is 0 Å². The largest absolute Gasteiger partial charge is 0.380 e. The highest BCUT2D eigenvalue weighted by atomic mass is 127. The molecule has 0 fully saturated rings. The second-order valence-corrected chi connectivity index (χ2v) is 5.76. The van der Waals surface area contributed by atoms with E-state index >= 15 is 0 Å². The summed E-state index contributed by atoms with van der Waals surface area (Å²) in [5.41, 5.74) is 1.18. The molecule has 0 aromatic carbocycles. The molecule has 0 amide bonds. The predicted octanol–water partition coefficient (Wildman–Crippen LogP) is 2.43. The molecule has 1 aromatic rings. The first-order valence-corrected chi connectivity index (χ1v) is 8.20. The summed E-state index contributed by atoms with van der Waals surface area (Å²) >= 11 is 0. The summed E-state index contributed by atoms with van der Waals surface area (Å²) in [4.78, 5) is 4.51. The average molecular weight is 437 g/mol. The molecule has 134 valence electrons. The maximum Gasteiger partial charge on any atom is 0.191 e. The lowest BCUT2D eigenvalue weighted by atomic mass is 10.1. The monoisotopic (exact) mass is 437 g/mol. The van der Waals surface area contributed by atoms with Crippen LogP contribution in [0.4, 0.5) is 0 Å². The number of aryl methyl sites for hydroxylation is 1. The van der Waals surface area contributed by atoms with Gasteiger partial charge in [0.05, 0.1) is 25.9 Å². The number of guanidine groups is 1. The van der Waals surface area contributed by atoms with Crippen LogP contribution < -0.4 is 10.6 Å². The fraction of sp³-hybridized carbons (Fsp3) is 0.750. The molecule has 0 radical (unpaired) electrons. The van der Waals surface area contributed by atoms with Crippen molar-refractivity contribution in [3.8, 4) is 0 Å². The van der Waals surface area contributed by atoms with E-state index in [0.717, 1.165) is 38.6 Å². The van der Waals surface area contributed by atoms with E-state index in [0.29, 0.717) is 19.1 Å². The number of ether oxygens (including phenoxy) is 1. The highest BCUT2D eigenvalue weighted by Crippen LogP contribution is 1.98. The summed E-state index contributed by atoms with van der Waals surface area (Å²) in [5, 5.41) is 10.8. The van der Waals surface area contributed by atoms with E-state index in [1.165, 1.54) is 5.56 Å². The molecule has 0 unspecified atom stereocenters. The number of nitrogens with zero attached hydrogens (tertiary/aromatic N) is 3. The first-order valence-electron chi connectivity index (χ1n) is 8.20. The molecule has 1 rings (SSSR count). The van der Waals surface area contributed by atoms with E-state index in [1.54, 1.807) is 0 Å². The Hall–Kier alpha value is -0.830.